The molecule has 0 saturated heterocycles. The van der Waals surface area contributed by atoms with E-state index in [4.69, 9.17) is 4.74 Å². The minimum Gasteiger partial charge on any atom is -0.494 e. The third kappa shape index (κ3) is 3.65. The van der Waals surface area contributed by atoms with Crippen molar-refractivity contribution in [2.24, 2.45) is 0 Å². The summed E-state index contributed by atoms with van der Waals surface area (Å²) in [5.41, 5.74) is -0.0338. The molecule has 0 aromatic heterocycles. The third-order valence-electron chi connectivity index (χ3n) is 4.19. The fourth-order valence-corrected chi connectivity index (χ4v) is 2.96. The molecule has 8 heteroatoms. The predicted molar refractivity (Wildman–Crippen MR) is 87.8 cm³/mol. The van der Waals surface area contributed by atoms with E-state index in [1.807, 2.05) is 0 Å². The topological polar surface area (TPSA) is 50.4 Å². The number of hydrogen-bond acceptors (Lipinski definition) is 3. The molecule has 1 aliphatic rings. The number of nitrogens with one attached hydrogen (secondary N) is 2. The van der Waals surface area contributed by atoms with E-state index >= 15 is 0 Å². The van der Waals surface area contributed by atoms with Crippen LogP contribution in [-0.4, -0.2) is 19.6 Å². The molecule has 2 N–H and O–H groups in total. The summed E-state index contributed by atoms with van der Waals surface area (Å²) in [4.78, 5) is 12.3. The van der Waals surface area contributed by atoms with Crippen molar-refractivity contribution in [1.82, 2.24) is 5.32 Å². The normalized spacial score (nSPS) is 13.9. The number of carbonyl (C=O) groups is 1. The van der Waals surface area contributed by atoms with Gasteiger partial charge < -0.3 is 15.4 Å². The quantitative estimate of drug-likeness (QED) is 0.812. The van der Waals surface area contributed by atoms with E-state index in [0.717, 1.165) is 12.1 Å². The fourth-order valence-electron chi connectivity index (χ4n) is 2.96. The van der Waals surface area contributed by atoms with Gasteiger partial charge in [0.05, 0.1) is 12.7 Å². The summed E-state index contributed by atoms with van der Waals surface area (Å²) in [6, 6.07) is 6.01. The number of alkyl halides is 3. The van der Waals surface area contributed by atoms with E-state index in [2.05, 4.69) is 10.6 Å². The van der Waals surface area contributed by atoms with Gasteiger partial charge in [0.15, 0.2) is 11.6 Å². The maximum absolute atomic E-state index is 13.7. The Morgan fingerprint density at radius 2 is 2.00 bits per heavy atom. The van der Waals surface area contributed by atoms with Gasteiger partial charge in [0.1, 0.15) is 0 Å². The smallest absolute Gasteiger partial charge is 0.416 e. The lowest BCUT2D eigenvalue weighted by atomic mass is 9.94. The zero-order chi connectivity index (χ0) is 18.9. The molecule has 138 valence electrons. The van der Waals surface area contributed by atoms with Gasteiger partial charge in [0.25, 0.3) is 5.91 Å². The molecule has 1 aliphatic heterocycles. The standard InChI is InChI=1S/C18H16F4N2O2/c1-26-16-3-2-10(7-15(16)19)17(25)24-12-6-11-9-23-5-4-13(11)14(8-12)18(20,21)22/h2-3,6-8,23H,4-5,9H2,1H3,(H,24,25). The number of fused-ring (bicyclic) bond motifs is 1. The Bertz CT molecular complexity index is 850. The SMILES string of the molecule is COc1ccc(C(=O)Nc2cc3c(c(C(F)(F)F)c2)CCNC3)cc1F. The van der Waals surface area contributed by atoms with Crippen molar-refractivity contribution in [2.45, 2.75) is 19.1 Å². The third-order valence-corrected chi connectivity index (χ3v) is 4.19. The van der Waals surface area contributed by atoms with Crippen LogP contribution in [0.25, 0.3) is 0 Å². The molecule has 4 nitrogen and oxygen atoms in total. The summed E-state index contributed by atoms with van der Waals surface area (Å²) in [5, 5.41) is 5.42. The van der Waals surface area contributed by atoms with Crippen LogP contribution in [0.1, 0.15) is 27.0 Å². The largest absolute Gasteiger partial charge is 0.494 e. The van der Waals surface area contributed by atoms with E-state index in [1.165, 1.54) is 25.3 Å². The van der Waals surface area contributed by atoms with Crippen molar-refractivity contribution >= 4 is 11.6 Å². The maximum Gasteiger partial charge on any atom is 0.416 e. The van der Waals surface area contributed by atoms with Gasteiger partial charge in [-0.05, 0) is 54.4 Å². The lowest BCUT2D eigenvalue weighted by Crippen LogP contribution is -2.27. The molecule has 0 saturated carbocycles. The molecule has 0 fully saturated rings. The molecule has 2 aromatic rings. The summed E-state index contributed by atoms with van der Waals surface area (Å²) >= 11 is 0. The van der Waals surface area contributed by atoms with E-state index in [9.17, 15) is 22.4 Å². The Hall–Kier alpha value is -2.61. The van der Waals surface area contributed by atoms with E-state index in [-0.39, 0.29) is 29.0 Å². The lowest BCUT2D eigenvalue weighted by Gasteiger charge is -2.23. The number of benzene rings is 2. The van der Waals surface area contributed by atoms with Gasteiger partial charge in [-0.25, -0.2) is 4.39 Å². The molecule has 3 rings (SSSR count). The van der Waals surface area contributed by atoms with Gasteiger partial charge in [-0.3, -0.25) is 4.79 Å². The molecule has 0 bridgehead atoms. The van der Waals surface area contributed by atoms with Crippen LogP contribution in [-0.2, 0) is 19.1 Å². The highest BCUT2D eigenvalue weighted by Crippen LogP contribution is 2.37. The molecule has 1 amide bonds. The highest BCUT2D eigenvalue weighted by Gasteiger charge is 2.35. The first-order valence-corrected chi connectivity index (χ1v) is 7.88. The van der Waals surface area contributed by atoms with Crippen LogP contribution in [0, 0.1) is 5.82 Å². The average molecular weight is 368 g/mol. The minimum atomic E-state index is -4.52. The van der Waals surface area contributed by atoms with Crippen molar-refractivity contribution in [3.05, 3.63) is 58.4 Å². The fraction of sp³-hybridized carbons (Fsp3) is 0.278. The molecule has 0 spiro atoms. The number of ether oxygens (including phenoxy) is 1. The molecule has 2 aromatic carbocycles. The van der Waals surface area contributed by atoms with Gasteiger partial charge >= 0.3 is 6.18 Å². The van der Waals surface area contributed by atoms with Gasteiger partial charge in [-0.2, -0.15) is 13.2 Å². The first kappa shape index (κ1) is 18.2. The molecule has 1 heterocycles. The number of halogens is 4. The van der Waals surface area contributed by atoms with E-state index < -0.39 is 23.5 Å². The van der Waals surface area contributed by atoms with Crippen LogP contribution >= 0.6 is 0 Å². The van der Waals surface area contributed by atoms with Crippen LogP contribution in [0.4, 0.5) is 23.2 Å². The number of rotatable bonds is 3. The van der Waals surface area contributed by atoms with Crippen LogP contribution in [0.3, 0.4) is 0 Å². The van der Waals surface area contributed by atoms with Crippen molar-refractivity contribution in [3.8, 4) is 5.75 Å². The highest BCUT2D eigenvalue weighted by molar-refractivity contribution is 6.04. The average Bonchev–Trinajstić information content (AvgIpc) is 2.60. The van der Waals surface area contributed by atoms with Crippen molar-refractivity contribution < 1.29 is 27.1 Å². The van der Waals surface area contributed by atoms with E-state index in [0.29, 0.717) is 18.7 Å². The van der Waals surface area contributed by atoms with Crippen molar-refractivity contribution in [3.63, 3.8) is 0 Å². The van der Waals surface area contributed by atoms with Gasteiger partial charge in [-0.15, -0.1) is 0 Å². The van der Waals surface area contributed by atoms with Crippen LogP contribution in [0.2, 0.25) is 0 Å². The molecular formula is C18H16F4N2O2. The zero-order valence-corrected chi connectivity index (χ0v) is 13.8. The second-order valence-corrected chi connectivity index (χ2v) is 5.89. The number of anilines is 1. The maximum atomic E-state index is 13.7. The molecule has 26 heavy (non-hydrogen) atoms. The first-order chi connectivity index (χ1) is 12.3. The lowest BCUT2D eigenvalue weighted by molar-refractivity contribution is -0.138. The van der Waals surface area contributed by atoms with Crippen LogP contribution in [0.5, 0.6) is 5.75 Å². The van der Waals surface area contributed by atoms with Crippen LogP contribution in [0.15, 0.2) is 30.3 Å². The molecular weight excluding hydrogens is 352 g/mol. The number of amides is 1. The Morgan fingerprint density at radius 3 is 2.65 bits per heavy atom. The van der Waals surface area contributed by atoms with Gasteiger partial charge in [0.2, 0.25) is 0 Å². The monoisotopic (exact) mass is 368 g/mol. The molecule has 0 unspecified atom stereocenters. The molecule has 0 radical (unpaired) electrons. The number of carbonyl (C=O) groups excluding carboxylic acids is 1. The molecule has 0 aliphatic carbocycles. The summed E-state index contributed by atoms with van der Waals surface area (Å²) in [6.45, 7) is 0.756. The number of hydrogen-bond donors (Lipinski definition) is 2. The number of methoxy groups -OCH3 is 1. The Morgan fingerprint density at radius 1 is 1.23 bits per heavy atom. The van der Waals surface area contributed by atoms with Crippen molar-refractivity contribution in [2.75, 3.05) is 19.0 Å². The Labute approximate surface area is 147 Å². The highest BCUT2D eigenvalue weighted by atomic mass is 19.4. The minimum absolute atomic E-state index is 0.0148. The van der Waals surface area contributed by atoms with Gasteiger partial charge in [-0.1, -0.05) is 0 Å². The summed E-state index contributed by atoms with van der Waals surface area (Å²) in [6.07, 6.45) is -4.25. The second-order valence-electron chi connectivity index (χ2n) is 5.89. The second kappa shape index (κ2) is 6.95. The van der Waals surface area contributed by atoms with Crippen LogP contribution < -0.4 is 15.4 Å². The first-order valence-electron chi connectivity index (χ1n) is 7.88. The zero-order valence-electron chi connectivity index (χ0n) is 13.8. The van der Waals surface area contributed by atoms with Crippen molar-refractivity contribution in [1.29, 1.82) is 0 Å². The summed E-state index contributed by atoms with van der Waals surface area (Å²) in [7, 11) is 1.29. The summed E-state index contributed by atoms with van der Waals surface area (Å²) < 4.78 is 58.6. The van der Waals surface area contributed by atoms with E-state index in [1.54, 1.807) is 0 Å². The summed E-state index contributed by atoms with van der Waals surface area (Å²) in [5.74, 6) is -1.46. The Balaban J connectivity index is 1.92. The predicted octanol–water partition coefficient (Wildman–Crippen LogP) is 3.75. The molecule has 0 atom stereocenters. The Kier molecular flexibility index (Phi) is 4.86. The van der Waals surface area contributed by atoms with Gasteiger partial charge in [0, 0.05) is 17.8 Å².